The Morgan fingerprint density at radius 3 is 2.53 bits per heavy atom. The molecule has 0 fully saturated rings. The van der Waals surface area contributed by atoms with Gasteiger partial charge in [0.2, 0.25) is 5.91 Å². The number of hydrogen-bond donors (Lipinski definition) is 2. The minimum Gasteiger partial charge on any atom is -0.375 e. The molecule has 0 spiro atoms. The Kier molecular flexibility index (Phi) is 4.40. The third-order valence-electron chi connectivity index (χ3n) is 2.08. The van der Waals surface area contributed by atoms with E-state index in [1.807, 2.05) is 45.9 Å². The van der Waals surface area contributed by atoms with E-state index in [2.05, 4.69) is 10.6 Å². The summed E-state index contributed by atoms with van der Waals surface area (Å²) in [5.41, 5.74) is 1.66. The SMILES string of the molecule is Cc1ccc(NCC(=O)NC(C)(C)C)c(Cl)c1. The number of anilines is 1. The number of hydrogen-bond acceptors (Lipinski definition) is 2. The average Bonchev–Trinajstić information content (AvgIpc) is 2.13. The zero-order valence-electron chi connectivity index (χ0n) is 10.7. The average molecular weight is 255 g/mol. The molecule has 1 aromatic carbocycles. The summed E-state index contributed by atoms with van der Waals surface area (Å²) in [7, 11) is 0. The molecule has 0 saturated carbocycles. The minimum absolute atomic E-state index is 0.0471. The largest absolute Gasteiger partial charge is 0.375 e. The zero-order valence-corrected chi connectivity index (χ0v) is 11.5. The Labute approximate surface area is 108 Å². The first-order valence-electron chi connectivity index (χ1n) is 5.59. The van der Waals surface area contributed by atoms with Crippen LogP contribution in [0.4, 0.5) is 5.69 Å². The highest BCUT2D eigenvalue weighted by molar-refractivity contribution is 6.33. The van der Waals surface area contributed by atoms with Gasteiger partial charge in [0.25, 0.3) is 0 Å². The lowest BCUT2D eigenvalue weighted by Crippen LogP contribution is -2.43. The Morgan fingerprint density at radius 1 is 1.35 bits per heavy atom. The smallest absolute Gasteiger partial charge is 0.239 e. The summed E-state index contributed by atoms with van der Waals surface area (Å²) in [6.07, 6.45) is 0. The van der Waals surface area contributed by atoms with Gasteiger partial charge < -0.3 is 10.6 Å². The summed E-state index contributed by atoms with van der Waals surface area (Å²) >= 11 is 6.05. The van der Waals surface area contributed by atoms with Crippen molar-refractivity contribution in [3.05, 3.63) is 28.8 Å². The quantitative estimate of drug-likeness (QED) is 0.871. The molecule has 1 amide bonds. The molecule has 0 unspecified atom stereocenters. The van der Waals surface area contributed by atoms with Crippen LogP contribution in [0.5, 0.6) is 0 Å². The Balaban J connectivity index is 2.53. The van der Waals surface area contributed by atoms with Gasteiger partial charge in [-0.05, 0) is 45.4 Å². The van der Waals surface area contributed by atoms with Crippen LogP contribution in [0.15, 0.2) is 18.2 Å². The maximum atomic E-state index is 11.6. The van der Waals surface area contributed by atoms with Gasteiger partial charge in [-0.2, -0.15) is 0 Å². The van der Waals surface area contributed by atoms with Crippen LogP contribution in [0.1, 0.15) is 26.3 Å². The lowest BCUT2D eigenvalue weighted by Gasteiger charge is -2.20. The molecule has 1 rings (SSSR count). The van der Waals surface area contributed by atoms with Crippen LogP contribution in [-0.2, 0) is 4.79 Å². The van der Waals surface area contributed by atoms with Crippen LogP contribution in [0, 0.1) is 6.92 Å². The van der Waals surface area contributed by atoms with E-state index in [0.717, 1.165) is 11.3 Å². The van der Waals surface area contributed by atoms with Crippen LogP contribution in [-0.4, -0.2) is 18.0 Å². The number of carbonyl (C=O) groups excluding carboxylic acids is 1. The lowest BCUT2D eigenvalue weighted by molar-refractivity contribution is -0.120. The van der Waals surface area contributed by atoms with E-state index in [9.17, 15) is 4.79 Å². The lowest BCUT2D eigenvalue weighted by atomic mass is 10.1. The summed E-state index contributed by atoms with van der Waals surface area (Å²) in [4.78, 5) is 11.6. The Bertz CT molecular complexity index is 410. The first-order valence-corrected chi connectivity index (χ1v) is 5.97. The van der Waals surface area contributed by atoms with Crippen molar-refractivity contribution in [2.45, 2.75) is 33.2 Å². The van der Waals surface area contributed by atoms with Crippen LogP contribution < -0.4 is 10.6 Å². The van der Waals surface area contributed by atoms with Gasteiger partial charge in [0.1, 0.15) is 0 Å². The second kappa shape index (κ2) is 5.41. The molecule has 4 heteroatoms. The molecule has 0 bridgehead atoms. The van der Waals surface area contributed by atoms with Gasteiger partial charge in [-0.1, -0.05) is 17.7 Å². The predicted octanol–water partition coefficient (Wildman–Crippen LogP) is 2.98. The van der Waals surface area contributed by atoms with Crippen LogP contribution in [0.3, 0.4) is 0 Å². The molecular weight excluding hydrogens is 236 g/mol. The first kappa shape index (κ1) is 13.8. The fraction of sp³-hybridized carbons (Fsp3) is 0.462. The third kappa shape index (κ3) is 5.09. The summed E-state index contributed by atoms with van der Waals surface area (Å²) in [6.45, 7) is 8.04. The molecule has 17 heavy (non-hydrogen) atoms. The fourth-order valence-corrected chi connectivity index (χ4v) is 1.70. The molecule has 0 aliphatic heterocycles. The second-order valence-electron chi connectivity index (χ2n) is 5.14. The van der Waals surface area contributed by atoms with Crippen molar-refractivity contribution in [2.24, 2.45) is 0 Å². The summed E-state index contributed by atoms with van der Waals surface area (Å²) < 4.78 is 0. The molecule has 1 aromatic rings. The Hall–Kier alpha value is -1.22. The van der Waals surface area contributed by atoms with Crippen molar-refractivity contribution in [1.82, 2.24) is 5.32 Å². The number of benzene rings is 1. The van der Waals surface area contributed by atoms with Crippen molar-refractivity contribution in [3.63, 3.8) is 0 Å². The number of rotatable bonds is 3. The van der Waals surface area contributed by atoms with Crippen molar-refractivity contribution in [3.8, 4) is 0 Å². The number of carbonyl (C=O) groups is 1. The molecular formula is C13H19ClN2O. The number of nitrogens with one attached hydrogen (secondary N) is 2. The highest BCUT2D eigenvalue weighted by atomic mass is 35.5. The molecule has 3 nitrogen and oxygen atoms in total. The second-order valence-corrected chi connectivity index (χ2v) is 5.54. The van der Waals surface area contributed by atoms with Gasteiger partial charge in [0.15, 0.2) is 0 Å². The van der Waals surface area contributed by atoms with Gasteiger partial charge in [-0.25, -0.2) is 0 Å². The van der Waals surface area contributed by atoms with Crippen molar-refractivity contribution < 1.29 is 4.79 Å². The van der Waals surface area contributed by atoms with E-state index in [4.69, 9.17) is 11.6 Å². The molecule has 0 aliphatic rings. The van der Waals surface area contributed by atoms with Crippen molar-refractivity contribution >= 4 is 23.2 Å². The molecule has 0 aromatic heterocycles. The van der Waals surface area contributed by atoms with Gasteiger partial charge in [-0.3, -0.25) is 4.79 Å². The first-order chi connectivity index (χ1) is 7.78. The third-order valence-corrected chi connectivity index (χ3v) is 2.39. The van der Waals surface area contributed by atoms with Gasteiger partial charge >= 0.3 is 0 Å². The van der Waals surface area contributed by atoms with E-state index in [1.54, 1.807) is 0 Å². The summed E-state index contributed by atoms with van der Waals surface area (Å²) in [6, 6.07) is 5.70. The molecule has 2 N–H and O–H groups in total. The highest BCUT2D eigenvalue weighted by Crippen LogP contribution is 2.22. The number of halogens is 1. The molecule has 0 aliphatic carbocycles. The fourth-order valence-electron chi connectivity index (χ4n) is 1.40. The van der Waals surface area contributed by atoms with Gasteiger partial charge in [-0.15, -0.1) is 0 Å². The monoisotopic (exact) mass is 254 g/mol. The molecule has 0 heterocycles. The maximum Gasteiger partial charge on any atom is 0.239 e. The standard InChI is InChI=1S/C13H19ClN2O/c1-9-5-6-11(10(14)7-9)15-8-12(17)16-13(2,3)4/h5-7,15H,8H2,1-4H3,(H,16,17). The zero-order chi connectivity index (χ0) is 13.1. The molecule has 0 radical (unpaired) electrons. The number of amides is 1. The van der Waals surface area contributed by atoms with Crippen LogP contribution >= 0.6 is 11.6 Å². The Morgan fingerprint density at radius 2 is 2.00 bits per heavy atom. The van der Waals surface area contributed by atoms with E-state index < -0.39 is 0 Å². The van der Waals surface area contributed by atoms with Crippen molar-refractivity contribution in [1.29, 1.82) is 0 Å². The predicted molar refractivity (Wildman–Crippen MR) is 72.6 cm³/mol. The van der Waals surface area contributed by atoms with Crippen LogP contribution in [0.2, 0.25) is 5.02 Å². The molecule has 0 saturated heterocycles. The normalized spacial score (nSPS) is 11.1. The van der Waals surface area contributed by atoms with Crippen molar-refractivity contribution in [2.75, 3.05) is 11.9 Å². The summed E-state index contributed by atoms with van der Waals surface area (Å²) in [5, 5.41) is 6.53. The van der Waals surface area contributed by atoms with Crippen LogP contribution in [0.25, 0.3) is 0 Å². The maximum absolute atomic E-state index is 11.6. The van der Waals surface area contributed by atoms with E-state index >= 15 is 0 Å². The van der Waals surface area contributed by atoms with E-state index in [1.165, 1.54) is 0 Å². The van der Waals surface area contributed by atoms with E-state index in [-0.39, 0.29) is 18.0 Å². The molecule has 0 atom stereocenters. The highest BCUT2D eigenvalue weighted by Gasteiger charge is 2.13. The topological polar surface area (TPSA) is 41.1 Å². The molecule has 94 valence electrons. The van der Waals surface area contributed by atoms with Gasteiger partial charge in [0.05, 0.1) is 17.3 Å². The summed E-state index contributed by atoms with van der Waals surface area (Å²) in [5.74, 6) is -0.0471. The van der Waals surface area contributed by atoms with Gasteiger partial charge in [0, 0.05) is 5.54 Å². The minimum atomic E-state index is -0.212. The van der Waals surface area contributed by atoms with E-state index in [0.29, 0.717) is 5.02 Å². The number of aryl methyl sites for hydroxylation is 1.